The number of hydrogen-bond donors (Lipinski definition) is 0. The third-order valence-electron chi connectivity index (χ3n) is 6.42. The molecule has 5 rings (SSSR count). The molecule has 0 aliphatic carbocycles. The smallest absolute Gasteiger partial charge is 0.338 e. The summed E-state index contributed by atoms with van der Waals surface area (Å²) in [6.07, 6.45) is 1.71. The van der Waals surface area contributed by atoms with Gasteiger partial charge in [-0.25, -0.2) is 14.2 Å². The van der Waals surface area contributed by atoms with E-state index in [1.165, 1.54) is 28.0 Å². The van der Waals surface area contributed by atoms with Gasteiger partial charge in [0.1, 0.15) is 11.9 Å². The van der Waals surface area contributed by atoms with E-state index in [1.807, 2.05) is 43.3 Å². The first-order chi connectivity index (χ1) is 20.4. The molecule has 1 atom stereocenters. The summed E-state index contributed by atoms with van der Waals surface area (Å²) in [6, 6.07) is 21.1. The number of carbonyl (C=O) groups excluding carboxylic acids is 1. The Bertz CT molecular complexity index is 1870. The van der Waals surface area contributed by atoms with Crippen LogP contribution in [0, 0.1) is 17.1 Å². The Morgan fingerprint density at radius 1 is 1.05 bits per heavy atom. The number of esters is 1. The summed E-state index contributed by atoms with van der Waals surface area (Å²) >= 11 is 1.17. The molecular formula is C32H26FN3O5S. The van der Waals surface area contributed by atoms with E-state index in [0.717, 1.165) is 0 Å². The van der Waals surface area contributed by atoms with Crippen LogP contribution in [0.4, 0.5) is 4.39 Å². The van der Waals surface area contributed by atoms with E-state index in [2.05, 4.69) is 0 Å². The molecule has 0 spiro atoms. The second-order valence-electron chi connectivity index (χ2n) is 9.07. The van der Waals surface area contributed by atoms with Gasteiger partial charge in [0.15, 0.2) is 22.9 Å². The summed E-state index contributed by atoms with van der Waals surface area (Å²) in [7, 11) is 0. The third kappa shape index (κ3) is 5.73. The van der Waals surface area contributed by atoms with E-state index >= 15 is 0 Å². The van der Waals surface area contributed by atoms with Crippen molar-refractivity contribution in [2.24, 2.45) is 4.99 Å². The molecule has 10 heteroatoms. The number of carbonyl (C=O) groups is 1. The lowest BCUT2D eigenvalue weighted by molar-refractivity contribution is -0.138. The van der Waals surface area contributed by atoms with Gasteiger partial charge < -0.3 is 14.2 Å². The number of aromatic nitrogens is 1. The fraction of sp³-hybridized carbons (Fsp3) is 0.188. The number of ether oxygens (including phenoxy) is 3. The maximum absolute atomic E-state index is 14.0. The van der Waals surface area contributed by atoms with Gasteiger partial charge in [0.25, 0.3) is 5.56 Å². The Morgan fingerprint density at radius 2 is 1.81 bits per heavy atom. The van der Waals surface area contributed by atoms with E-state index in [4.69, 9.17) is 24.5 Å². The van der Waals surface area contributed by atoms with Crippen LogP contribution in [-0.2, 0) is 9.53 Å². The SMILES string of the molecule is CCOC(=O)C1=C(c2ccccc2)N=c2s/c(=C\c3ccc(OCC#N)c(OCC)c3)c(=O)n2C1c1ccc(F)cc1. The highest BCUT2D eigenvalue weighted by Gasteiger charge is 2.35. The number of fused-ring (bicyclic) bond motifs is 1. The van der Waals surface area contributed by atoms with Crippen molar-refractivity contribution in [2.45, 2.75) is 19.9 Å². The predicted octanol–water partition coefficient (Wildman–Crippen LogP) is 4.38. The van der Waals surface area contributed by atoms with Crippen molar-refractivity contribution in [3.05, 3.63) is 121 Å². The zero-order valence-electron chi connectivity index (χ0n) is 22.9. The molecule has 1 aromatic heterocycles. The summed E-state index contributed by atoms with van der Waals surface area (Å²) in [5, 5.41) is 8.88. The molecule has 4 aromatic rings. The predicted molar refractivity (Wildman–Crippen MR) is 156 cm³/mol. The number of nitriles is 1. The van der Waals surface area contributed by atoms with Crippen molar-refractivity contribution >= 4 is 29.1 Å². The fourth-order valence-electron chi connectivity index (χ4n) is 4.66. The summed E-state index contributed by atoms with van der Waals surface area (Å²) in [5.74, 6) is -0.198. The first-order valence-corrected chi connectivity index (χ1v) is 14.1. The van der Waals surface area contributed by atoms with Gasteiger partial charge in [-0.1, -0.05) is 59.9 Å². The Morgan fingerprint density at radius 3 is 2.50 bits per heavy atom. The fourth-order valence-corrected chi connectivity index (χ4v) is 5.67. The van der Waals surface area contributed by atoms with Crippen LogP contribution in [0.3, 0.4) is 0 Å². The Labute approximate surface area is 244 Å². The molecule has 0 fully saturated rings. The molecule has 8 nitrogen and oxygen atoms in total. The summed E-state index contributed by atoms with van der Waals surface area (Å²) < 4.78 is 32.4. The molecule has 1 aliphatic heterocycles. The van der Waals surface area contributed by atoms with Gasteiger partial charge in [-0.3, -0.25) is 9.36 Å². The molecule has 42 heavy (non-hydrogen) atoms. The van der Waals surface area contributed by atoms with Crippen molar-refractivity contribution in [1.29, 1.82) is 5.26 Å². The molecule has 0 N–H and O–H groups in total. The van der Waals surface area contributed by atoms with Gasteiger partial charge in [0, 0.05) is 5.56 Å². The van der Waals surface area contributed by atoms with Crippen LogP contribution < -0.4 is 24.4 Å². The topological polar surface area (TPSA) is 103 Å². The van der Waals surface area contributed by atoms with E-state index in [-0.39, 0.29) is 24.3 Å². The van der Waals surface area contributed by atoms with E-state index in [9.17, 15) is 14.0 Å². The minimum absolute atomic E-state index is 0.126. The molecule has 2 heterocycles. The lowest BCUT2D eigenvalue weighted by Crippen LogP contribution is -2.40. The van der Waals surface area contributed by atoms with Crippen LogP contribution in [-0.4, -0.2) is 30.4 Å². The van der Waals surface area contributed by atoms with Crippen LogP contribution in [0.1, 0.15) is 36.6 Å². The molecule has 1 unspecified atom stereocenters. The van der Waals surface area contributed by atoms with Crippen molar-refractivity contribution in [3.8, 4) is 17.6 Å². The van der Waals surface area contributed by atoms with Gasteiger partial charge in [0.2, 0.25) is 0 Å². The number of thiazole rings is 1. The number of nitrogens with zero attached hydrogens (tertiary/aromatic N) is 3. The normalized spacial score (nSPS) is 14.5. The largest absolute Gasteiger partial charge is 0.490 e. The highest BCUT2D eigenvalue weighted by atomic mass is 32.1. The van der Waals surface area contributed by atoms with E-state index in [0.29, 0.717) is 49.8 Å². The summed E-state index contributed by atoms with van der Waals surface area (Å²) in [5.41, 5.74) is 2.08. The Kier molecular flexibility index (Phi) is 8.60. The standard InChI is InChI=1S/C32H26FN3O5S/c1-3-39-25-18-20(10-15-24(25)41-17-16-34)19-26-30(37)36-29(22-11-13-23(33)14-12-22)27(31(38)40-4-2)28(35-32(36)42-26)21-8-6-5-7-9-21/h5-15,18-19,29H,3-4,17H2,1-2H3/b26-19-. The van der Waals surface area contributed by atoms with Gasteiger partial charge in [0.05, 0.1) is 35.1 Å². The van der Waals surface area contributed by atoms with E-state index in [1.54, 1.807) is 43.3 Å². The molecule has 0 saturated carbocycles. The highest BCUT2D eigenvalue weighted by Crippen LogP contribution is 2.35. The first-order valence-electron chi connectivity index (χ1n) is 13.3. The molecule has 0 bridgehead atoms. The first kappa shape index (κ1) is 28.5. The average Bonchev–Trinajstić information content (AvgIpc) is 3.31. The lowest BCUT2D eigenvalue weighted by Gasteiger charge is -2.25. The Balaban J connectivity index is 1.74. The molecule has 0 saturated heterocycles. The van der Waals surface area contributed by atoms with Crippen LogP contribution in [0.5, 0.6) is 11.5 Å². The second-order valence-corrected chi connectivity index (χ2v) is 10.1. The molecular weight excluding hydrogens is 557 g/mol. The zero-order chi connectivity index (χ0) is 29.6. The second kappa shape index (κ2) is 12.7. The van der Waals surface area contributed by atoms with Gasteiger partial charge in [-0.15, -0.1) is 0 Å². The van der Waals surface area contributed by atoms with Crippen LogP contribution >= 0.6 is 11.3 Å². The van der Waals surface area contributed by atoms with Crippen LogP contribution in [0.2, 0.25) is 0 Å². The van der Waals surface area contributed by atoms with Crippen molar-refractivity contribution < 1.29 is 23.4 Å². The van der Waals surface area contributed by atoms with Crippen molar-refractivity contribution in [2.75, 3.05) is 19.8 Å². The number of rotatable bonds is 9. The molecule has 1 aliphatic rings. The van der Waals surface area contributed by atoms with E-state index < -0.39 is 17.8 Å². The molecule has 212 valence electrons. The lowest BCUT2D eigenvalue weighted by atomic mass is 9.93. The number of halogens is 1. The third-order valence-corrected chi connectivity index (χ3v) is 7.40. The van der Waals surface area contributed by atoms with Gasteiger partial charge in [-0.2, -0.15) is 5.26 Å². The van der Waals surface area contributed by atoms with Crippen LogP contribution in [0.15, 0.2) is 88.2 Å². The number of hydrogen-bond acceptors (Lipinski definition) is 8. The van der Waals surface area contributed by atoms with Crippen molar-refractivity contribution in [3.63, 3.8) is 0 Å². The minimum Gasteiger partial charge on any atom is -0.490 e. The monoisotopic (exact) mass is 583 g/mol. The maximum atomic E-state index is 14.0. The average molecular weight is 584 g/mol. The van der Waals surface area contributed by atoms with Gasteiger partial charge >= 0.3 is 5.97 Å². The zero-order valence-corrected chi connectivity index (χ0v) is 23.7. The Hall–Kier alpha value is -5.01. The molecule has 0 radical (unpaired) electrons. The summed E-state index contributed by atoms with van der Waals surface area (Å²) in [4.78, 5) is 32.7. The quantitative estimate of drug-likeness (QED) is 0.271. The number of benzene rings is 3. The van der Waals surface area contributed by atoms with Gasteiger partial charge in [-0.05, 0) is 55.3 Å². The van der Waals surface area contributed by atoms with Crippen molar-refractivity contribution in [1.82, 2.24) is 4.57 Å². The highest BCUT2D eigenvalue weighted by molar-refractivity contribution is 7.07. The maximum Gasteiger partial charge on any atom is 0.338 e. The molecule has 3 aromatic carbocycles. The summed E-state index contributed by atoms with van der Waals surface area (Å²) in [6.45, 7) is 3.91. The molecule has 0 amide bonds. The van der Waals surface area contributed by atoms with Crippen LogP contribution in [0.25, 0.3) is 11.8 Å². The minimum atomic E-state index is -0.904.